The van der Waals surface area contributed by atoms with E-state index in [0.29, 0.717) is 0 Å². The molecule has 0 heterocycles. The van der Waals surface area contributed by atoms with Gasteiger partial charge in [-0.15, -0.1) is 0 Å². The molecule has 0 spiro atoms. The molecular weight excluding hydrogens is 427 g/mol. The van der Waals surface area contributed by atoms with Crippen LogP contribution in [-0.2, 0) is 0 Å². The lowest BCUT2D eigenvalue weighted by Crippen LogP contribution is -2.75. The highest BCUT2D eigenvalue weighted by Crippen LogP contribution is 2.11. The first-order chi connectivity index (χ1) is 15.6. The molecule has 0 saturated carbocycles. The maximum atomic E-state index is 2.42. The Balaban J connectivity index is 2.04. The summed E-state index contributed by atoms with van der Waals surface area (Å²) in [6.07, 6.45) is -1.29. The van der Waals surface area contributed by atoms with Gasteiger partial charge in [-0.05, 0) is 0 Å². The molecule has 0 N–H and O–H groups in total. The average Bonchev–Trinajstić information content (AvgIpc) is 2.81. The molecule has 4 aromatic carbocycles. The standard InChI is InChI=1S/C30H36BSi2/c1-32(2,3)29-21-17-27(18-22-29)31(25-13-9-7-10-14-25,26-15-11-8-12-16-26)28-19-23-30(24-20-28)33(4,5)6/h7-24H,1-6H3/q-1. The molecular formula is C30H36BSi2-. The van der Waals surface area contributed by atoms with Crippen molar-refractivity contribution in [3.8, 4) is 0 Å². The predicted molar refractivity (Wildman–Crippen MR) is 156 cm³/mol. The fraction of sp³-hybridized carbons (Fsp3) is 0.200. The monoisotopic (exact) mass is 463 g/mol. The zero-order valence-corrected chi connectivity index (χ0v) is 23.0. The summed E-state index contributed by atoms with van der Waals surface area (Å²) in [4.78, 5) is 0. The fourth-order valence-corrected chi connectivity index (χ4v) is 7.52. The van der Waals surface area contributed by atoms with Crippen LogP contribution in [0.25, 0.3) is 0 Å². The molecule has 0 fully saturated rings. The summed E-state index contributed by atoms with van der Waals surface area (Å²) in [7, 11) is -2.74. The molecule has 0 aliphatic carbocycles. The first-order valence-electron chi connectivity index (χ1n) is 12.1. The normalized spacial score (nSPS) is 12.5. The highest BCUT2D eigenvalue weighted by atomic mass is 28.3. The Kier molecular flexibility index (Phi) is 6.39. The first kappa shape index (κ1) is 23.5. The van der Waals surface area contributed by atoms with Gasteiger partial charge in [-0.1, -0.05) is 159 Å². The zero-order valence-electron chi connectivity index (χ0n) is 21.0. The molecule has 168 valence electrons. The molecule has 0 aliphatic rings. The Labute approximate surface area is 202 Å². The lowest BCUT2D eigenvalue weighted by molar-refractivity contribution is 1.65. The summed E-state index contributed by atoms with van der Waals surface area (Å²) in [5.74, 6) is 0. The Morgan fingerprint density at radius 3 is 0.909 bits per heavy atom. The van der Waals surface area contributed by atoms with E-state index in [4.69, 9.17) is 0 Å². The topological polar surface area (TPSA) is 0 Å². The minimum atomic E-state index is -1.37. The van der Waals surface area contributed by atoms with Crippen LogP contribution < -0.4 is 32.2 Å². The summed E-state index contributed by atoms with van der Waals surface area (Å²) in [6.45, 7) is 14.5. The van der Waals surface area contributed by atoms with E-state index < -0.39 is 22.3 Å². The van der Waals surface area contributed by atoms with Crippen molar-refractivity contribution in [3.63, 3.8) is 0 Å². The second-order valence-corrected chi connectivity index (χ2v) is 21.6. The third kappa shape index (κ3) is 4.58. The smallest absolute Gasteiger partial charge is 0.108 e. The van der Waals surface area contributed by atoms with Crippen LogP contribution in [0, 0.1) is 0 Å². The quantitative estimate of drug-likeness (QED) is 0.377. The Morgan fingerprint density at radius 1 is 0.364 bits per heavy atom. The van der Waals surface area contributed by atoms with Crippen LogP contribution in [0.4, 0.5) is 0 Å². The highest BCUT2D eigenvalue weighted by Gasteiger charge is 2.32. The third-order valence-electron chi connectivity index (χ3n) is 7.15. The lowest BCUT2D eigenvalue weighted by atomic mass is 9.13. The van der Waals surface area contributed by atoms with Crippen molar-refractivity contribution in [2.24, 2.45) is 0 Å². The van der Waals surface area contributed by atoms with E-state index in [1.165, 1.54) is 32.2 Å². The number of hydrogen-bond donors (Lipinski definition) is 0. The minimum Gasteiger partial charge on any atom is -0.195 e. The second-order valence-electron chi connectivity index (χ2n) is 11.4. The predicted octanol–water partition coefficient (Wildman–Crippen LogP) is 4.15. The van der Waals surface area contributed by atoms with Gasteiger partial charge in [-0.3, -0.25) is 0 Å². The number of rotatable bonds is 6. The molecule has 0 atom stereocenters. The molecule has 3 heteroatoms. The van der Waals surface area contributed by atoms with Crippen molar-refractivity contribution < 1.29 is 0 Å². The maximum Gasteiger partial charge on any atom is 0.108 e. The van der Waals surface area contributed by atoms with Crippen molar-refractivity contribution in [1.82, 2.24) is 0 Å². The number of benzene rings is 4. The largest absolute Gasteiger partial charge is 0.195 e. The Morgan fingerprint density at radius 2 is 0.636 bits per heavy atom. The van der Waals surface area contributed by atoms with Gasteiger partial charge in [0.25, 0.3) is 0 Å². The van der Waals surface area contributed by atoms with Gasteiger partial charge in [-0.2, -0.15) is 21.9 Å². The van der Waals surface area contributed by atoms with Crippen LogP contribution in [0.5, 0.6) is 0 Å². The van der Waals surface area contributed by atoms with Crippen LogP contribution in [-0.4, -0.2) is 22.3 Å². The molecule has 4 rings (SSSR count). The Bertz CT molecular complexity index is 1090. The van der Waals surface area contributed by atoms with E-state index in [-0.39, 0.29) is 0 Å². The molecule has 0 unspecified atom stereocenters. The highest BCUT2D eigenvalue weighted by molar-refractivity contribution is 7.20. The van der Waals surface area contributed by atoms with E-state index in [1.807, 2.05) is 0 Å². The summed E-state index contributed by atoms with van der Waals surface area (Å²) < 4.78 is 0. The second kappa shape index (κ2) is 8.96. The number of hydrogen-bond acceptors (Lipinski definition) is 0. The van der Waals surface area contributed by atoms with Gasteiger partial charge < -0.3 is 0 Å². The average molecular weight is 464 g/mol. The van der Waals surface area contributed by atoms with Crippen LogP contribution in [0.15, 0.2) is 109 Å². The maximum absolute atomic E-state index is 2.42. The van der Waals surface area contributed by atoms with E-state index >= 15 is 0 Å². The Hall–Kier alpha value is -2.62. The molecule has 0 bridgehead atoms. The molecule has 33 heavy (non-hydrogen) atoms. The molecule has 4 aromatic rings. The van der Waals surface area contributed by atoms with Crippen molar-refractivity contribution >= 4 is 54.5 Å². The fourth-order valence-electron chi connectivity index (χ4n) is 5.18. The van der Waals surface area contributed by atoms with Gasteiger partial charge in [0.05, 0.1) is 16.1 Å². The van der Waals surface area contributed by atoms with Crippen molar-refractivity contribution in [2.45, 2.75) is 39.3 Å². The molecule has 0 nitrogen and oxygen atoms in total. The van der Waals surface area contributed by atoms with Gasteiger partial charge in [-0.25, -0.2) is 0 Å². The first-order valence-corrected chi connectivity index (χ1v) is 19.1. The van der Waals surface area contributed by atoms with Gasteiger partial charge in [0.15, 0.2) is 0 Å². The van der Waals surface area contributed by atoms with Crippen LogP contribution >= 0.6 is 0 Å². The van der Waals surface area contributed by atoms with Gasteiger partial charge in [0.1, 0.15) is 6.15 Å². The van der Waals surface area contributed by atoms with Gasteiger partial charge >= 0.3 is 0 Å². The molecule has 0 saturated heterocycles. The summed E-state index contributed by atoms with van der Waals surface area (Å²) in [5.41, 5.74) is 5.50. The van der Waals surface area contributed by atoms with Gasteiger partial charge in [0, 0.05) is 0 Å². The van der Waals surface area contributed by atoms with E-state index in [9.17, 15) is 0 Å². The molecule has 0 radical (unpaired) electrons. The zero-order chi connectivity index (χ0) is 23.7. The van der Waals surface area contributed by atoms with Crippen molar-refractivity contribution in [3.05, 3.63) is 109 Å². The van der Waals surface area contributed by atoms with E-state index in [1.54, 1.807) is 0 Å². The van der Waals surface area contributed by atoms with E-state index in [2.05, 4.69) is 148 Å². The van der Waals surface area contributed by atoms with Crippen molar-refractivity contribution in [1.29, 1.82) is 0 Å². The molecule has 0 aliphatic heterocycles. The van der Waals surface area contributed by atoms with Crippen LogP contribution in [0.2, 0.25) is 39.3 Å². The van der Waals surface area contributed by atoms with E-state index in [0.717, 1.165) is 0 Å². The lowest BCUT2D eigenvalue weighted by Gasteiger charge is -2.44. The summed E-state index contributed by atoms with van der Waals surface area (Å²) in [6, 6.07) is 41.4. The third-order valence-corrected chi connectivity index (χ3v) is 11.3. The summed E-state index contributed by atoms with van der Waals surface area (Å²) >= 11 is 0. The van der Waals surface area contributed by atoms with Crippen LogP contribution in [0.3, 0.4) is 0 Å². The minimum absolute atomic E-state index is 1.29. The SMILES string of the molecule is C[Si](C)(C)c1ccc([B-](c2ccccc2)(c2ccccc2)c2ccc([Si](C)(C)C)cc2)cc1. The van der Waals surface area contributed by atoms with Gasteiger partial charge in [0.2, 0.25) is 0 Å². The van der Waals surface area contributed by atoms with Crippen LogP contribution in [0.1, 0.15) is 0 Å². The molecule has 0 aromatic heterocycles. The van der Waals surface area contributed by atoms with Crippen molar-refractivity contribution in [2.75, 3.05) is 0 Å². The summed E-state index contributed by atoms with van der Waals surface area (Å²) in [5, 5.41) is 3.01. The molecule has 0 amide bonds.